The van der Waals surface area contributed by atoms with E-state index in [0.717, 1.165) is 6.07 Å². The molecule has 1 N–H and O–H groups in total. The van der Waals surface area contributed by atoms with Gasteiger partial charge in [-0.15, -0.1) is 0 Å². The maximum Gasteiger partial charge on any atom is 0.292 e. The molecule has 0 spiro atoms. The number of hydrogen-bond donors (Lipinski definition) is 1. The molecular formula is C13H8BrFN2O3. The van der Waals surface area contributed by atoms with Gasteiger partial charge < -0.3 is 5.32 Å². The molecule has 0 unspecified atom stereocenters. The van der Waals surface area contributed by atoms with Crippen molar-refractivity contribution < 1.29 is 14.1 Å². The summed E-state index contributed by atoms with van der Waals surface area (Å²) < 4.78 is 13.5. The Kier molecular flexibility index (Phi) is 4.09. The molecule has 2 rings (SSSR count). The number of carbonyl (C=O) groups excluding carboxylic acids is 1. The van der Waals surface area contributed by atoms with Gasteiger partial charge in [-0.05, 0) is 40.2 Å². The molecule has 0 aliphatic carbocycles. The summed E-state index contributed by atoms with van der Waals surface area (Å²) in [6, 6.07) is 9.37. The molecule has 0 aliphatic rings. The number of benzene rings is 2. The monoisotopic (exact) mass is 338 g/mol. The third kappa shape index (κ3) is 3.00. The third-order valence-electron chi connectivity index (χ3n) is 2.52. The van der Waals surface area contributed by atoms with Crippen molar-refractivity contribution in [1.29, 1.82) is 0 Å². The van der Waals surface area contributed by atoms with Gasteiger partial charge in [0.05, 0.1) is 10.5 Å². The van der Waals surface area contributed by atoms with E-state index in [-0.39, 0.29) is 16.9 Å². The number of amides is 1. The first-order chi connectivity index (χ1) is 9.49. The highest BCUT2D eigenvalue weighted by Crippen LogP contribution is 2.25. The molecule has 0 heterocycles. The minimum Gasteiger partial charge on any atom is -0.316 e. The topological polar surface area (TPSA) is 72.2 Å². The third-order valence-corrected chi connectivity index (χ3v) is 3.21. The van der Waals surface area contributed by atoms with Crippen LogP contribution in [0.25, 0.3) is 0 Å². The fourth-order valence-electron chi connectivity index (χ4n) is 1.60. The van der Waals surface area contributed by atoms with Gasteiger partial charge in [0.25, 0.3) is 11.6 Å². The van der Waals surface area contributed by atoms with Crippen LogP contribution in [0.3, 0.4) is 0 Å². The van der Waals surface area contributed by atoms with E-state index >= 15 is 0 Å². The second kappa shape index (κ2) is 5.79. The fraction of sp³-hybridized carbons (Fsp3) is 0. The number of rotatable bonds is 3. The lowest BCUT2D eigenvalue weighted by Crippen LogP contribution is -2.14. The summed E-state index contributed by atoms with van der Waals surface area (Å²) >= 11 is 3.13. The molecule has 0 saturated heterocycles. The lowest BCUT2D eigenvalue weighted by Gasteiger charge is -2.07. The number of para-hydroxylation sites is 2. The first kappa shape index (κ1) is 14.1. The lowest BCUT2D eigenvalue weighted by molar-refractivity contribution is -0.383. The van der Waals surface area contributed by atoms with Crippen molar-refractivity contribution in [2.45, 2.75) is 0 Å². The molecule has 0 bridgehead atoms. The Morgan fingerprint density at radius 1 is 1.25 bits per heavy atom. The molecule has 0 aromatic heterocycles. The SMILES string of the molecule is O=C(Nc1ccccc1[N+](=O)[O-])c1cc(F)ccc1Br. The predicted octanol–water partition coefficient (Wildman–Crippen LogP) is 3.75. The van der Waals surface area contributed by atoms with Gasteiger partial charge in [-0.3, -0.25) is 14.9 Å². The maximum absolute atomic E-state index is 13.1. The molecule has 5 nitrogen and oxygen atoms in total. The van der Waals surface area contributed by atoms with Crippen LogP contribution in [-0.4, -0.2) is 10.8 Å². The summed E-state index contributed by atoms with van der Waals surface area (Å²) in [5.41, 5.74) is -0.116. The highest BCUT2D eigenvalue weighted by molar-refractivity contribution is 9.10. The largest absolute Gasteiger partial charge is 0.316 e. The smallest absolute Gasteiger partial charge is 0.292 e. The molecule has 0 aliphatic heterocycles. The zero-order chi connectivity index (χ0) is 14.7. The second-order valence-corrected chi connectivity index (χ2v) is 4.71. The average Bonchev–Trinajstić information content (AvgIpc) is 2.41. The molecule has 1 amide bonds. The Morgan fingerprint density at radius 2 is 1.95 bits per heavy atom. The Morgan fingerprint density at radius 3 is 2.65 bits per heavy atom. The van der Waals surface area contributed by atoms with Crippen LogP contribution < -0.4 is 5.32 Å². The van der Waals surface area contributed by atoms with Crippen molar-refractivity contribution in [3.63, 3.8) is 0 Å². The van der Waals surface area contributed by atoms with E-state index in [4.69, 9.17) is 0 Å². The molecule has 2 aromatic carbocycles. The van der Waals surface area contributed by atoms with Crippen LogP contribution in [0, 0.1) is 15.9 Å². The lowest BCUT2D eigenvalue weighted by atomic mass is 10.2. The van der Waals surface area contributed by atoms with Crippen LogP contribution in [0.2, 0.25) is 0 Å². The summed E-state index contributed by atoms with van der Waals surface area (Å²) in [6.07, 6.45) is 0. The van der Waals surface area contributed by atoms with E-state index in [0.29, 0.717) is 4.47 Å². The molecule has 20 heavy (non-hydrogen) atoms. The van der Waals surface area contributed by atoms with Crippen LogP contribution in [0.4, 0.5) is 15.8 Å². The van der Waals surface area contributed by atoms with Gasteiger partial charge in [0, 0.05) is 10.5 Å². The van der Waals surface area contributed by atoms with Gasteiger partial charge in [-0.2, -0.15) is 0 Å². The first-order valence-electron chi connectivity index (χ1n) is 5.49. The molecule has 2 aromatic rings. The van der Waals surface area contributed by atoms with Gasteiger partial charge >= 0.3 is 0 Å². The molecule has 102 valence electrons. The Labute approximate surface area is 121 Å². The number of nitrogens with one attached hydrogen (secondary N) is 1. The van der Waals surface area contributed by atoms with Gasteiger partial charge in [0.1, 0.15) is 11.5 Å². The average molecular weight is 339 g/mol. The highest BCUT2D eigenvalue weighted by Gasteiger charge is 2.17. The number of hydrogen-bond acceptors (Lipinski definition) is 3. The van der Waals surface area contributed by atoms with E-state index in [1.165, 1.54) is 30.3 Å². The minimum atomic E-state index is -0.634. The van der Waals surface area contributed by atoms with Gasteiger partial charge in [-0.1, -0.05) is 12.1 Å². The number of nitro benzene ring substituents is 1. The summed E-state index contributed by atoms with van der Waals surface area (Å²) in [4.78, 5) is 22.3. The normalized spacial score (nSPS) is 10.1. The molecule has 0 fully saturated rings. The zero-order valence-corrected chi connectivity index (χ0v) is 11.6. The molecular weight excluding hydrogens is 331 g/mol. The fourth-order valence-corrected chi connectivity index (χ4v) is 2.03. The van der Waals surface area contributed by atoms with E-state index in [2.05, 4.69) is 21.2 Å². The van der Waals surface area contributed by atoms with Crippen molar-refractivity contribution in [3.8, 4) is 0 Å². The predicted molar refractivity (Wildman–Crippen MR) is 75.1 cm³/mol. The quantitative estimate of drug-likeness (QED) is 0.684. The van der Waals surface area contributed by atoms with Crippen molar-refractivity contribution in [3.05, 3.63) is 68.4 Å². The molecule has 0 atom stereocenters. The summed E-state index contributed by atoms with van der Waals surface area (Å²) in [6.45, 7) is 0. The summed E-state index contributed by atoms with van der Waals surface area (Å²) in [5.74, 6) is -1.20. The van der Waals surface area contributed by atoms with Gasteiger partial charge in [0.2, 0.25) is 0 Å². The van der Waals surface area contributed by atoms with E-state index < -0.39 is 16.6 Å². The second-order valence-electron chi connectivity index (χ2n) is 3.85. The van der Waals surface area contributed by atoms with Crippen LogP contribution in [-0.2, 0) is 0 Å². The van der Waals surface area contributed by atoms with E-state index in [1.807, 2.05) is 0 Å². The number of halogens is 2. The summed E-state index contributed by atoms with van der Waals surface area (Å²) in [5, 5.41) is 13.2. The molecule has 0 radical (unpaired) electrons. The Balaban J connectivity index is 2.33. The van der Waals surface area contributed by atoms with E-state index in [1.54, 1.807) is 6.07 Å². The first-order valence-corrected chi connectivity index (χ1v) is 6.28. The number of anilines is 1. The van der Waals surface area contributed by atoms with Crippen LogP contribution in [0.15, 0.2) is 46.9 Å². The van der Waals surface area contributed by atoms with Crippen LogP contribution in [0.5, 0.6) is 0 Å². The highest BCUT2D eigenvalue weighted by atomic mass is 79.9. The number of carbonyl (C=O) groups is 1. The minimum absolute atomic E-state index is 0.0543. The Hall–Kier alpha value is -2.28. The van der Waals surface area contributed by atoms with Gasteiger partial charge in [0.15, 0.2) is 0 Å². The number of nitrogens with zero attached hydrogens (tertiary/aromatic N) is 1. The van der Waals surface area contributed by atoms with Crippen LogP contribution in [0.1, 0.15) is 10.4 Å². The molecule has 0 saturated carbocycles. The Bertz CT molecular complexity index is 691. The van der Waals surface area contributed by atoms with Crippen molar-refractivity contribution >= 4 is 33.2 Å². The van der Waals surface area contributed by atoms with Crippen molar-refractivity contribution in [2.75, 3.05) is 5.32 Å². The van der Waals surface area contributed by atoms with Crippen LogP contribution >= 0.6 is 15.9 Å². The molecule has 7 heteroatoms. The summed E-state index contributed by atoms with van der Waals surface area (Å²) in [7, 11) is 0. The standard InChI is InChI=1S/C13H8BrFN2O3/c14-10-6-5-8(15)7-9(10)13(18)16-11-3-1-2-4-12(11)17(19)20/h1-7H,(H,16,18). The number of nitro groups is 1. The van der Waals surface area contributed by atoms with E-state index in [9.17, 15) is 19.3 Å². The van der Waals surface area contributed by atoms with Gasteiger partial charge in [-0.25, -0.2) is 4.39 Å². The zero-order valence-electron chi connectivity index (χ0n) is 9.97. The maximum atomic E-state index is 13.1. The van der Waals surface area contributed by atoms with Crippen molar-refractivity contribution in [2.24, 2.45) is 0 Å². The van der Waals surface area contributed by atoms with Crippen molar-refractivity contribution in [1.82, 2.24) is 0 Å².